The Morgan fingerprint density at radius 2 is 1.68 bits per heavy atom. The topological polar surface area (TPSA) is 29.5 Å². The van der Waals surface area contributed by atoms with E-state index in [1.165, 1.54) is 0 Å². The Hall–Kier alpha value is -1.20. The quantitative estimate of drug-likeness (QED) is 0.572. The fraction of sp³-hybridized carbons (Fsp3) is 0.350. The van der Waals surface area contributed by atoms with E-state index in [2.05, 4.69) is 40.2 Å². The predicted molar refractivity (Wildman–Crippen MR) is 108 cm³/mol. The Labute approximate surface area is 164 Å². The van der Waals surface area contributed by atoms with Gasteiger partial charge >= 0.3 is 0 Å². The molecule has 0 aliphatic carbocycles. The summed E-state index contributed by atoms with van der Waals surface area (Å²) >= 11 is 3.47. The fourth-order valence-electron chi connectivity index (χ4n) is 2.47. The predicted octanol–water partition coefficient (Wildman–Crippen LogP) is 4.89. The number of Topliss-reactive ketones (excluding diaryl/α,β-unsaturated/α-hetero) is 1. The van der Waals surface area contributed by atoms with Crippen molar-refractivity contribution >= 4 is 34.1 Å². The van der Waals surface area contributed by atoms with Gasteiger partial charge < -0.3 is 4.74 Å². The van der Waals surface area contributed by atoms with Gasteiger partial charge in [0.25, 0.3) is 0 Å². The first-order valence-corrected chi connectivity index (χ1v) is 9.01. The molecule has 0 radical (unpaired) electrons. The molecule has 0 heterocycles. The van der Waals surface area contributed by atoms with Crippen LogP contribution in [0.5, 0.6) is 0 Å². The largest absolute Gasteiger partial charge is 0.367 e. The maximum Gasteiger partial charge on any atom is 0.146 e. The van der Waals surface area contributed by atoms with Crippen LogP contribution in [0.2, 0.25) is 0 Å². The highest BCUT2D eigenvalue weighted by Crippen LogP contribution is 2.27. The van der Waals surface area contributed by atoms with Gasteiger partial charge in [0.1, 0.15) is 11.9 Å². The summed E-state index contributed by atoms with van der Waals surface area (Å²) in [5, 5.41) is 0. The van der Waals surface area contributed by atoms with Crippen molar-refractivity contribution in [3.63, 3.8) is 0 Å². The van der Waals surface area contributed by atoms with Gasteiger partial charge in [0.05, 0.1) is 13.2 Å². The summed E-state index contributed by atoms with van der Waals surface area (Å²) in [6, 6.07) is 18.4. The minimum atomic E-state index is -0.102. The molecular weight excluding hydrogens is 402 g/mol. The molecule has 0 aliphatic rings. The van der Waals surface area contributed by atoms with Crippen molar-refractivity contribution in [2.75, 3.05) is 26.7 Å². The van der Waals surface area contributed by atoms with Crippen molar-refractivity contribution in [3.05, 3.63) is 70.2 Å². The lowest BCUT2D eigenvalue weighted by Gasteiger charge is -2.21. The van der Waals surface area contributed by atoms with Gasteiger partial charge in [-0.05, 0) is 30.3 Å². The first-order valence-electron chi connectivity index (χ1n) is 8.22. The molecule has 136 valence electrons. The molecule has 0 amide bonds. The molecule has 0 bridgehead atoms. The molecule has 1 unspecified atom stereocenters. The molecule has 1 atom stereocenters. The zero-order chi connectivity index (χ0) is 17.4. The van der Waals surface area contributed by atoms with Crippen LogP contribution in [0.1, 0.15) is 30.6 Å². The van der Waals surface area contributed by atoms with Crippen LogP contribution in [0.25, 0.3) is 0 Å². The van der Waals surface area contributed by atoms with Gasteiger partial charge in [0.2, 0.25) is 0 Å². The van der Waals surface area contributed by atoms with E-state index in [0.717, 1.165) is 22.1 Å². The van der Waals surface area contributed by atoms with Crippen molar-refractivity contribution in [3.8, 4) is 0 Å². The minimum absolute atomic E-state index is 0. The van der Waals surface area contributed by atoms with Crippen LogP contribution in [0.15, 0.2) is 59.1 Å². The van der Waals surface area contributed by atoms with Crippen LogP contribution in [-0.4, -0.2) is 37.4 Å². The van der Waals surface area contributed by atoms with Crippen molar-refractivity contribution in [2.24, 2.45) is 0 Å². The fourth-order valence-corrected chi connectivity index (χ4v) is 2.73. The Kier molecular flexibility index (Phi) is 9.98. The third kappa shape index (κ3) is 7.28. The normalized spacial score (nSPS) is 11.8. The average Bonchev–Trinajstić information content (AvgIpc) is 2.60. The highest BCUT2D eigenvalue weighted by molar-refractivity contribution is 9.10. The van der Waals surface area contributed by atoms with Crippen LogP contribution < -0.4 is 0 Å². The summed E-state index contributed by atoms with van der Waals surface area (Å²) in [6.45, 7) is 3.68. The number of rotatable bonds is 9. The highest BCUT2D eigenvalue weighted by atomic mass is 79.9. The van der Waals surface area contributed by atoms with Gasteiger partial charge in [0, 0.05) is 17.4 Å². The Morgan fingerprint density at radius 1 is 1.08 bits per heavy atom. The number of ether oxygens (including phenoxy) is 1. The second kappa shape index (κ2) is 11.4. The second-order valence-corrected chi connectivity index (χ2v) is 6.76. The van der Waals surface area contributed by atoms with Crippen LogP contribution in [-0.2, 0) is 9.53 Å². The number of carbonyl (C=O) groups excluding carboxylic acids is 1. The molecule has 5 heteroatoms. The molecule has 0 spiro atoms. The van der Waals surface area contributed by atoms with Crippen LogP contribution in [0.4, 0.5) is 0 Å². The smallest absolute Gasteiger partial charge is 0.146 e. The molecule has 25 heavy (non-hydrogen) atoms. The first-order chi connectivity index (χ1) is 11.6. The lowest BCUT2D eigenvalue weighted by Crippen LogP contribution is -2.29. The van der Waals surface area contributed by atoms with E-state index in [0.29, 0.717) is 19.6 Å². The molecule has 2 aromatic carbocycles. The van der Waals surface area contributed by atoms with Crippen molar-refractivity contribution in [1.82, 2.24) is 4.90 Å². The van der Waals surface area contributed by atoms with Crippen molar-refractivity contribution in [2.45, 2.75) is 19.4 Å². The number of benzene rings is 2. The number of halogens is 2. The van der Waals surface area contributed by atoms with Crippen LogP contribution >= 0.6 is 28.3 Å². The molecule has 2 rings (SSSR count). The van der Waals surface area contributed by atoms with E-state index in [9.17, 15) is 4.79 Å². The molecule has 0 fully saturated rings. The molecule has 0 aromatic heterocycles. The Balaban J connectivity index is 0.00000312. The average molecular weight is 427 g/mol. The molecule has 0 N–H and O–H groups in total. The van der Waals surface area contributed by atoms with Gasteiger partial charge in [-0.1, -0.05) is 65.3 Å². The lowest BCUT2D eigenvalue weighted by atomic mass is 10.0. The Bertz CT molecular complexity index is 634. The maximum absolute atomic E-state index is 11.5. The first kappa shape index (κ1) is 21.8. The van der Waals surface area contributed by atoms with E-state index in [4.69, 9.17) is 4.74 Å². The molecular formula is C20H25BrClNO2. The Morgan fingerprint density at radius 3 is 2.28 bits per heavy atom. The standard InChI is InChI=1S/C20H24BrNO2.ClH/c1-3-19(23)15-22(2)13-14-24-20(16-7-5-4-6-8-16)17-9-11-18(21)12-10-17;/h4-12,20H,3,13-15H2,1-2H3;1H. The highest BCUT2D eigenvalue weighted by Gasteiger charge is 2.15. The van der Waals surface area contributed by atoms with Crippen molar-refractivity contribution < 1.29 is 9.53 Å². The van der Waals surface area contributed by atoms with Gasteiger partial charge in [-0.2, -0.15) is 0 Å². The van der Waals surface area contributed by atoms with E-state index >= 15 is 0 Å². The third-order valence-corrected chi connectivity index (χ3v) is 4.40. The number of ketones is 1. The maximum atomic E-state index is 11.5. The number of hydrogen-bond donors (Lipinski definition) is 0. The zero-order valence-corrected chi connectivity index (χ0v) is 17.1. The molecule has 0 aliphatic heterocycles. The number of carbonyl (C=O) groups is 1. The van der Waals surface area contributed by atoms with Gasteiger partial charge in [-0.3, -0.25) is 9.69 Å². The van der Waals surface area contributed by atoms with Gasteiger partial charge in [-0.25, -0.2) is 0 Å². The molecule has 0 saturated carbocycles. The molecule has 0 saturated heterocycles. The summed E-state index contributed by atoms with van der Waals surface area (Å²) in [5.41, 5.74) is 2.25. The van der Waals surface area contributed by atoms with Crippen molar-refractivity contribution in [1.29, 1.82) is 0 Å². The van der Waals surface area contributed by atoms with Gasteiger partial charge in [-0.15, -0.1) is 12.4 Å². The van der Waals surface area contributed by atoms with E-state index < -0.39 is 0 Å². The SMILES string of the molecule is CCC(=O)CN(C)CCOC(c1ccccc1)c1ccc(Br)cc1.Cl. The van der Waals surface area contributed by atoms with E-state index in [-0.39, 0.29) is 24.3 Å². The third-order valence-electron chi connectivity index (χ3n) is 3.87. The number of nitrogens with zero attached hydrogens (tertiary/aromatic N) is 1. The number of likely N-dealkylation sites (N-methyl/N-ethyl adjacent to an activating group) is 1. The summed E-state index contributed by atoms with van der Waals surface area (Å²) in [5.74, 6) is 0.255. The molecule has 2 aromatic rings. The van der Waals surface area contributed by atoms with Crippen LogP contribution in [0.3, 0.4) is 0 Å². The van der Waals surface area contributed by atoms with E-state index in [1.807, 2.05) is 49.2 Å². The minimum Gasteiger partial charge on any atom is -0.367 e. The van der Waals surface area contributed by atoms with Gasteiger partial charge in [0.15, 0.2) is 0 Å². The lowest BCUT2D eigenvalue weighted by molar-refractivity contribution is -0.119. The summed E-state index contributed by atoms with van der Waals surface area (Å²) < 4.78 is 7.22. The monoisotopic (exact) mass is 425 g/mol. The summed E-state index contributed by atoms with van der Waals surface area (Å²) in [6.07, 6.45) is 0.478. The van der Waals surface area contributed by atoms with E-state index in [1.54, 1.807) is 0 Å². The summed E-state index contributed by atoms with van der Waals surface area (Å²) in [4.78, 5) is 13.5. The van der Waals surface area contributed by atoms with Crippen LogP contribution in [0, 0.1) is 0 Å². The molecule has 3 nitrogen and oxygen atoms in total. The number of hydrogen-bond acceptors (Lipinski definition) is 3. The summed E-state index contributed by atoms with van der Waals surface area (Å²) in [7, 11) is 1.95. The second-order valence-electron chi connectivity index (χ2n) is 5.84. The zero-order valence-electron chi connectivity index (χ0n) is 14.7.